The van der Waals surface area contributed by atoms with Gasteiger partial charge in [-0.3, -0.25) is 4.79 Å². The van der Waals surface area contributed by atoms with Crippen LogP contribution in [0.4, 0.5) is 5.69 Å². The molecule has 7 nitrogen and oxygen atoms in total. The Morgan fingerprint density at radius 3 is 2.30 bits per heavy atom. The minimum Gasteiger partial charge on any atom is -0.595 e. The summed E-state index contributed by atoms with van der Waals surface area (Å²) in [6.07, 6.45) is -1.11. The number of quaternary nitrogens is 1. The summed E-state index contributed by atoms with van der Waals surface area (Å²) >= 11 is 0. The standard InChI is InChI=1S/C13H20N2O5/c1-8(2)13(18)14-11(7-16)12(17)9-3-5-10(6-4-9)15(19)20/h3-6,8,11-12,15-17,19H,7H2,1-2H3,(H,14,18)/t11-,12-/m1/s1. The van der Waals surface area contributed by atoms with Gasteiger partial charge in [0.25, 0.3) is 0 Å². The first kappa shape index (κ1) is 16.5. The highest BCUT2D eigenvalue weighted by Gasteiger charge is 2.23. The van der Waals surface area contributed by atoms with Crippen molar-refractivity contribution < 1.29 is 25.4 Å². The van der Waals surface area contributed by atoms with E-state index in [1.807, 2.05) is 0 Å². The number of rotatable bonds is 6. The SMILES string of the molecule is CC(C)C(=O)N[C@H](CO)[C@H](O)c1ccc([NH+]([O-])O)cc1. The van der Waals surface area contributed by atoms with Crippen LogP contribution in [0, 0.1) is 11.1 Å². The van der Waals surface area contributed by atoms with Gasteiger partial charge in [-0.25, -0.2) is 5.21 Å². The van der Waals surface area contributed by atoms with Crippen LogP contribution >= 0.6 is 0 Å². The number of benzene rings is 1. The van der Waals surface area contributed by atoms with Gasteiger partial charge >= 0.3 is 0 Å². The van der Waals surface area contributed by atoms with Gasteiger partial charge in [0.05, 0.1) is 12.6 Å². The lowest BCUT2D eigenvalue weighted by Crippen LogP contribution is -2.99. The summed E-state index contributed by atoms with van der Waals surface area (Å²) in [6.45, 7) is 3.00. The fourth-order valence-corrected chi connectivity index (χ4v) is 1.63. The van der Waals surface area contributed by atoms with E-state index in [9.17, 15) is 20.2 Å². The molecule has 5 N–H and O–H groups in total. The number of carbonyl (C=O) groups excluding carboxylic acids is 1. The Morgan fingerprint density at radius 2 is 1.90 bits per heavy atom. The Morgan fingerprint density at radius 1 is 1.35 bits per heavy atom. The summed E-state index contributed by atoms with van der Waals surface area (Å²) in [5, 5.41) is 40.4. The van der Waals surface area contributed by atoms with E-state index >= 15 is 0 Å². The number of hydrogen-bond donors (Lipinski definition) is 5. The minimum atomic E-state index is -1.11. The predicted octanol–water partition coefficient (Wildman–Crippen LogP) is -0.743. The highest BCUT2D eigenvalue weighted by Crippen LogP contribution is 2.18. The molecule has 0 saturated carbocycles. The van der Waals surface area contributed by atoms with Crippen molar-refractivity contribution in [2.24, 2.45) is 5.92 Å². The molecule has 1 amide bonds. The van der Waals surface area contributed by atoms with Crippen LogP contribution in [0.15, 0.2) is 24.3 Å². The third-order valence-electron chi connectivity index (χ3n) is 2.93. The monoisotopic (exact) mass is 284 g/mol. The predicted molar refractivity (Wildman–Crippen MR) is 71.0 cm³/mol. The first-order chi connectivity index (χ1) is 9.36. The maximum absolute atomic E-state index is 11.6. The third-order valence-corrected chi connectivity index (χ3v) is 2.93. The van der Waals surface area contributed by atoms with Gasteiger partial charge in [0.1, 0.15) is 6.10 Å². The lowest BCUT2D eigenvalue weighted by atomic mass is 10.0. The molecule has 20 heavy (non-hydrogen) atoms. The molecule has 0 bridgehead atoms. The molecule has 0 aliphatic rings. The van der Waals surface area contributed by atoms with Crippen molar-refractivity contribution in [3.8, 4) is 0 Å². The van der Waals surface area contributed by atoms with Crippen molar-refractivity contribution in [1.82, 2.24) is 5.32 Å². The molecule has 0 aliphatic carbocycles. The zero-order valence-corrected chi connectivity index (χ0v) is 11.4. The van der Waals surface area contributed by atoms with E-state index < -0.39 is 24.0 Å². The van der Waals surface area contributed by atoms with Crippen LogP contribution in [0.3, 0.4) is 0 Å². The first-order valence-corrected chi connectivity index (χ1v) is 6.29. The van der Waals surface area contributed by atoms with Crippen LogP contribution in [0.1, 0.15) is 25.5 Å². The van der Waals surface area contributed by atoms with Gasteiger partial charge in [-0.05, 0) is 5.56 Å². The molecular weight excluding hydrogens is 264 g/mol. The van der Waals surface area contributed by atoms with Crippen LogP contribution in [-0.4, -0.2) is 34.0 Å². The van der Waals surface area contributed by atoms with Gasteiger partial charge < -0.3 is 20.7 Å². The van der Waals surface area contributed by atoms with Crippen molar-refractivity contribution in [2.75, 3.05) is 6.61 Å². The van der Waals surface area contributed by atoms with Gasteiger partial charge in [0.2, 0.25) is 5.91 Å². The van der Waals surface area contributed by atoms with Crippen molar-refractivity contribution in [3.63, 3.8) is 0 Å². The van der Waals surface area contributed by atoms with Gasteiger partial charge in [0.15, 0.2) is 5.69 Å². The van der Waals surface area contributed by atoms with E-state index in [0.29, 0.717) is 5.56 Å². The van der Waals surface area contributed by atoms with Gasteiger partial charge in [0, 0.05) is 18.1 Å². The maximum Gasteiger partial charge on any atom is 0.222 e. The highest BCUT2D eigenvalue weighted by atomic mass is 16.8. The molecule has 112 valence electrons. The van der Waals surface area contributed by atoms with E-state index in [2.05, 4.69) is 5.32 Å². The second-order valence-corrected chi connectivity index (χ2v) is 4.82. The van der Waals surface area contributed by atoms with Crippen molar-refractivity contribution >= 4 is 11.6 Å². The topological polar surface area (TPSA) is 117 Å². The molecule has 1 unspecified atom stereocenters. The summed E-state index contributed by atoms with van der Waals surface area (Å²) < 4.78 is 0. The molecule has 0 saturated heterocycles. The third kappa shape index (κ3) is 4.26. The fraction of sp³-hybridized carbons (Fsp3) is 0.462. The summed E-state index contributed by atoms with van der Waals surface area (Å²) in [6, 6.07) is 4.80. The summed E-state index contributed by atoms with van der Waals surface area (Å²) in [5.74, 6) is -0.532. The molecule has 1 rings (SSSR count). The summed E-state index contributed by atoms with van der Waals surface area (Å²) in [5.41, 5.74) is 0.533. The molecule has 1 aromatic rings. The normalized spacial score (nSPS) is 15.8. The smallest absolute Gasteiger partial charge is 0.222 e. The van der Waals surface area contributed by atoms with Crippen LogP contribution < -0.4 is 10.5 Å². The number of aliphatic hydroxyl groups is 2. The number of carbonyl (C=O) groups is 1. The van der Waals surface area contributed by atoms with Gasteiger partial charge in [-0.2, -0.15) is 5.23 Å². The summed E-state index contributed by atoms with van der Waals surface area (Å²) in [7, 11) is 0. The van der Waals surface area contributed by atoms with E-state index in [-0.39, 0.29) is 17.5 Å². The molecule has 0 spiro atoms. The number of aliphatic hydroxyl groups excluding tert-OH is 2. The largest absolute Gasteiger partial charge is 0.595 e. The second kappa shape index (κ2) is 7.32. The zero-order chi connectivity index (χ0) is 15.3. The minimum absolute atomic E-state index is 0.104. The average Bonchev–Trinajstić information content (AvgIpc) is 2.43. The lowest BCUT2D eigenvalue weighted by Gasteiger charge is -2.23. The van der Waals surface area contributed by atoms with Crippen LogP contribution in [-0.2, 0) is 4.79 Å². The van der Waals surface area contributed by atoms with E-state index in [1.54, 1.807) is 13.8 Å². The molecular formula is C13H20N2O5. The lowest BCUT2D eigenvalue weighted by molar-refractivity contribution is -0.991. The first-order valence-electron chi connectivity index (χ1n) is 6.29. The van der Waals surface area contributed by atoms with Crippen molar-refractivity contribution in [2.45, 2.75) is 26.0 Å². The van der Waals surface area contributed by atoms with E-state index in [0.717, 1.165) is 0 Å². The average molecular weight is 284 g/mol. The second-order valence-electron chi connectivity index (χ2n) is 4.82. The summed E-state index contributed by atoms with van der Waals surface area (Å²) in [4.78, 5) is 11.6. The molecule has 0 aromatic heterocycles. The van der Waals surface area contributed by atoms with Gasteiger partial charge in [-0.1, -0.05) is 26.0 Å². The molecule has 3 atom stereocenters. The van der Waals surface area contributed by atoms with E-state index in [4.69, 9.17) is 5.21 Å². The maximum atomic E-state index is 11.6. The van der Waals surface area contributed by atoms with Crippen LogP contribution in [0.2, 0.25) is 0 Å². The van der Waals surface area contributed by atoms with E-state index in [1.165, 1.54) is 24.3 Å². The quantitative estimate of drug-likeness (QED) is 0.441. The Balaban J connectivity index is 2.80. The molecule has 0 radical (unpaired) electrons. The Kier molecular flexibility index (Phi) is 6.05. The van der Waals surface area contributed by atoms with Crippen LogP contribution in [0.5, 0.6) is 0 Å². The van der Waals surface area contributed by atoms with Crippen molar-refractivity contribution in [3.05, 3.63) is 35.0 Å². The molecule has 0 fully saturated rings. The Hall–Kier alpha value is -1.51. The Labute approximate surface area is 117 Å². The molecule has 0 heterocycles. The van der Waals surface area contributed by atoms with Crippen LogP contribution in [0.25, 0.3) is 0 Å². The number of amides is 1. The highest BCUT2D eigenvalue weighted by molar-refractivity contribution is 5.78. The molecule has 1 aromatic carbocycles. The van der Waals surface area contributed by atoms with Gasteiger partial charge in [-0.15, -0.1) is 0 Å². The number of hydrogen-bond acceptors (Lipinski definition) is 5. The molecule has 7 heteroatoms. The fourth-order valence-electron chi connectivity index (χ4n) is 1.63. The molecule has 0 aliphatic heterocycles. The zero-order valence-electron chi connectivity index (χ0n) is 11.4. The number of nitrogens with one attached hydrogen (secondary N) is 2. The Bertz CT molecular complexity index is 433. The van der Waals surface area contributed by atoms with Crippen molar-refractivity contribution in [1.29, 1.82) is 0 Å².